The van der Waals surface area contributed by atoms with Crippen molar-refractivity contribution < 1.29 is 4.79 Å². The van der Waals surface area contributed by atoms with Gasteiger partial charge in [0.1, 0.15) is 0 Å². The molecular weight excluding hydrogens is 214 g/mol. The lowest BCUT2D eigenvalue weighted by Crippen LogP contribution is -2.53. The lowest BCUT2D eigenvalue weighted by atomic mass is 10.1. The van der Waals surface area contributed by atoms with Crippen LogP contribution in [0.5, 0.6) is 0 Å². The Morgan fingerprint density at radius 2 is 2.06 bits per heavy atom. The summed E-state index contributed by atoms with van der Waals surface area (Å²) in [5.41, 5.74) is 0. The van der Waals surface area contributed by atoms with E-state index in [1.165, 1.54) is 6.42 Å². The first kappa shape index (κ1) is 12.8. The monoisotopic (exact) mass is 239 g/mol. The maximum absolute atomic E-state index is 12.5. The largest absolute Gasteiger partial charge is 0.339 e. The van der Waals surface area contributed by atoms with Gasteiger partial charge in [-0.1, -0.05) is 6.92 Å². The number of carbonyl (C=O) groups is 1. The van der Waals surface area contributed by atoms with Gasteiger partial charge in [-0.3, -0.25) is 9.69 Å². The topological polar surface area (TPSA) is 35.6 Å². The van der Waals surface area contributed by atoms with Crippen LogP contribution in [0.25, 0.3) is 0 Å². The molecule has 2 fully saturated rings. The quantitative estimate of drug-likeness (QED) is 0.787. The van der Waals surface area contributed by atoms with Gasteiger partial charge in [-0.15, -0.1) is 0 Å². The fourth-order valence-corrected chi connectivity index (χ4v) is 2.91. The zero-order valence-corrected chi connectivity index (χ0v) is 11.1. The molecule has 98 valence electrons. The second kappa shape index (κ2) is 5.83. The molecule has 0 radical (unpaired) electrons. The summed E-state index contributed by atoms with van der Waals surface area (Å²) in [7, 11) is 0. The fourth-order valence-electron chi connectivity index (χ4n) is 2.91. The molecule has 0 aromatic carbocycles. The van der Waals surface area contributed by atoms with E-state index in [0.29, 0.717) is 11.9 Å². The lowest BCUT2D eigenvalue weighted by Gasteiger charge is -2.35. The van der Waals surface area contributed by atoms with Crippen molar-refractivity contribution in [3.63, 3.8) is 0 Å². The van der Waals surface area contributed by atoms with E-state index in [0.717, 1.165) is 45.6 Å². The van der Waals surface area contributed by atoms with Crippen LogP contribution >= 0.6 is 0 Å². The molecule has 2 rings (SSSR count). The number of piperazine rings is 1. The zero-order chi connectivity index (χ0) is 12.3. The predicted octanol–water partition coefficient (Wildman–Crippen LogP) is 0.681. The van der Waals surface area contributed by atoms with E-state index in [1.807, 2.05) is 4.90 Å². The van der Waals surface area contributed by atoms with Crippen LogP contribution in [0.1, 0.15) is 33.1 Å². The SMILES string of the molecule is CCC(C)N1CCCC1C(=O)N1CCNCC1. The molecule has 2 aliphatic heterocycles. The van der Waals surface area contributed by atoms with E-state index in [2.05, 4.69) is 24.1 Å². The lowest BCUT2D eigenvalue weighted by molar-refractivity contribution is -0.137. The molecule has 0 spiro atoms. The van der Waals surface area contributed by atoms with Crippen LogP contribution in [0.15, 0.2) is 0 Å². The maximum Gasteiger partial charge on any atom is 0.240 e. The molecule has 2 saturated heterocycles. The molecule has 4 heteroatoms. The molecule has 0 aromatic heterocycles. The number of amides is 1. The fraction of sp³-hybridized carbons (Fsp3) is 0.923. The summed E-state index contributed by atoms with van der Waals surface area (Å²) in [5, 5.41) is 3.30. The van der Waals surface area contributed by atoms with Crippen molar-refractivity contribution >= 4 is 5.91 Å². The third-order valence-electron chi connectivity index (χ3n) is 4.16. The molecule has 4 nitrogen and oxygen atoms in total. The van der Waals surface area contributed by atoms with Crippen LogP contribution in [-0.2, 0) is 4.79 Å². The van der Waals surface area contributed by atoms with Crippen molar-refractivity contribution in [1.29, 1.82) is 0 Å². The zero-order valence-electron chi connectivity index (χ0n) is 11.1. The molecule has 2 atom stereocenters. The number of rotatable bonds is 3. The van der Waals surface area contributed by atoms with Crippen LogP contribution in [-0.4, -0.2) is 60.5 Å². The summed E-state index contributed by atoms with van der Waals surface area (Å²) in [5.74, 6) is 0.365. The first-order valence-electron chi connectivity index (χ1n) is 6.99. The third-order valence-corrected chi connectivity index (χ3v) is 4.16. The molecule has 0 bridgehead atoms. The summed E-state index contributed by atoms with van der Waals surface area (Å²) in [6.45, 7) is 9.19. The van der Waals surface area contributed by atoms with Gasteiger partial charge in [0.2, 0.25) is 5.91 Å². The van der Waals surface area contributed by atoms with Gasteiger partial charge in [0, 0.05) is 32.2 Å². The van der Waals surface area contributed by atoms with Crippen LogP contribution in [0.4, 0.5) is 0 Å². The molecule has 1 N–H and O–H groups in total. The van der Waals surface area contributed by atoms with Crippen LogP contribution in [0, 0.1) is 0 Å². The Kier molecular flexibility index (Phi) is 4.40. The van der Waals surface area contributed by atoms with Crippen LogP contribution < -0.4 is 5.32 Å². The Morgan fingerprint density at radius 3 is 2.71 bits per heavy atom. The minimum atomic E-state index is 0.156. The third kappa shape index (κ3) is 2.80. The maximum atomic E-state index is 12.5. The molecule has 0 aromatic rings. The van der Waals surface area contributed by atoms with Crippen molar-refractivity contribution in [3.8, 4) is 0 Å². The van der Waals surface area contributed by atoms with E-state index < -0.39 is 0 Å². The Hall–Kier alpha value is -0.610. The summed E-state index contributed by atoms with van der Waals surface area (Å²) in [4.78, 5) is 16.9. The van der Waals surface area contributed by atoms with Crippen LogP contribution in [0.3, 0.4) is 0 Å². The highest BCUT2D eigenvalue weighted by Gasteiger charge is 2.35. The average molecular weight is 239 g/mol. The van der Waals surface area contributed by atoms with Gasteiger partial charge >= 0.3 is 0 Å². The second-order valence-corrected chi connectivity index (χ2v) is 5.23. The summed E-state index contributed by atoms with van der Waals surface area (Å²) < 4.78 is 0. The van der Waals surface area contributed by atoms with Gasteiger partial charge in [-0.2, -0.15) is 0 Å². The molecule has 17 heavy (non-hydrogen) atoms. The van der Waals surface area contributed by atoms with E-state index in [4.69, 9.17) is 0 Å². The van der Waals surface area contributed by atoms with Crippen LogP contribution in [0.2, 0.25) is 0 Å². The molecule has 2 aliphatic rings. The Labute approximate surface area is 104 Å². The normalized spacial score (nSPS) is 28.4. The predicted molar refractivity (Wildman–Crippen MR) is 68.9 cm³/mol. The summed E-state index contributed by atoms with van der Waals surface area (Å²) in [6, 6.07) is 0.692. The molecular formula is C13H25N3O. The van der Waals surface area contributed by atoms with Gasteiger partial charge in [0.15, 0.2) is 0 Å². The highest BCUT2D eigenvalue weighted by Crippen LogP contribution is 2.23. The van der Waals surface area contributed by atoms with E-state index in [-0.39, 0.29) is 6.04 Å². The number of hydrogen-bond donors (Lipinski definition) is 1. The Balaban J connectivity index is 1.97. The number of likely N-dealkylation sites (tertiary alicyclic amines) is 1. The van der Waals surface area contributed by atoms with Gasteiger partial charge in [-0.25, -0.2) is 0 Å². The van der Waals surface area contributed by atoms with E-state index in [9.17, 15) is 4.79 Å². The number of hydrogen-bond acceptors (Lipinski definition) is 3. The molecule has 2 unspecified atom stereocenters. The van der Waals surface area contributed by atoms with Crippen molar-refractivity contribution in [2.75, 3.05) is 32.7 Å². The summed E-state index contributed by atoms with van der Waals surface area (Å²) in [6.07, 6.45) is 3.35. The number of carbonyl (C=O) groups excluding carboxylic acids is 1. The molecule has 0 saturated carbocycles. The van der Waals surface area contributed by atoms with Gasteiger partial charge in [0.25, 0.3) is 0 Å². The van der Waals surface area contributed by atoms with E-state index >= 15 is 0 Å². The van der Waals surface area contributed by atoms with Crippen molar-refractivity contribution in [2.24, 2.45) is 0 Å². The summed E-state index contributed by atoms with van der Waals surface area (Å²) >= 11 is 0. The number of nitrogens with zero attached hydrogens (tertiary/aromatic N) is 2. The van der Waals surface area contributed by atoms with Crippen molar-refractivity contribution in [1.82, 2.24) is 15.1 Å². The standard InChI is InChI=1S/C13H25N3O/c1-3-11(2)16-8-4-5-12(16)13(17)15-9-6-14-7-10-15/h11-12,14H,3-10H2,1-2H3. The Morgan fingerprint density at radius 1 is 1.35 bits per heavy atom. The van der Waals surface area contributed by atoms with Crippen molar-refractivity contribution in [2.45, 2.75) is 45.2 Å². The molecule has 1 amide bonds. The average Bonchev–Trinajstić information content (AvgIpc) is 2.87. The van der Waals surface area contributed by atoms with Gasteiger partial charge < -0.3 is 10.2 Å². The molecule has 0 aliphatic carbocycles. The Bertz CT molecular complexity index is 263. The van der Waals surface area contributed by atoms with Gasteiger partial charge in [0.05, 0.1) is 6.04 Å². The van der Waals surface area contributed by atoms with E-state index in [1.54, 1.807) is 0 Å². The minimum Gasteiger partial charge on any atom is -0.339 e. The highest BCUT2D eigenvalue weighted by molar-refractivity contribution is 5.82. The first-order chi connectivity index (χ1) is 8.24. The van der Waals surface area contributed by atoms with Gasteiger partial charge in [-0.05, 0) is 32.7 Å². The minimum absolute atomic E-state index is 0.156. The number of nitrogens with one attached hydrogen (secondary N) is 1. The highest BCUT2D eigenvalue weighted by atomic mass is 16.2. The second-order valence-electron chi connectivity index (χ2n) is 5.23. The van der Waals surface area contributed by atoms with Crippen molar-refractivity contribution in [3.05, 3.63) is 0 Å². The smallest absolute Gasteiger partial charge is 0.240 e. The molecule has 2 heterocycles. The first-order valence-corrected chi connectivity index (χ1v) is 6.99.